The van der Waals surface area contributed by atoms with Crippen LogP contribution in [0.2, 0.25) is 0 Å². The monoisotopic (exact) mass is 271 g/mol. The van der Waals surface area contributed by atoms with Gasteiger partial charge in [-0.05, 0) is 23.2 Å². The van der Waals surface area contributed by atoms with Crippen molar-refractivity contribution < 1.29 is 10.2 Å². The van der Waals surface area contributed by atoms with Crippen molar-refractivity contribution >= 4 is 15.9 Å². The minimum Gasteiger partial charge on any atom is -0.390 e. The van der Waals surface area contributed by atoms with E-state index in [-0.39, 0.29) is 6.54 Å². The molecule has 0 fully saturated rings. The Morgan fingerprint density at radius 3 is 2.80 bits per heavy atom. The molecule has 0 saturated carbocycles. The Balaban J connectivity index is 2.75. The average molecular weight is 272 g/mol. The summed E-state index contributed by atoms with van der Waals surface area (Å²) in [5.74, 6) is 0. The van der Waals surface area contributed by atoms with Gasteiger partial charge in [-0.15, -0.1) is 0 Å². The first-order valence-corrected chi connectivity index (χ1v) is 5.07. The number of azide groups is 1. The molecule has 0 spiro atoms. The van der Waals surface area contributed by atoms with Crippen LogP contribution in [0, 0.1) is 0 Å². The van der Waals surface area contributed by atoms with Crippen LogP contribution in [0.1, 0.15) is 11.7 Å². The second-order valence-electron chi connectivity index (χ2n) is 2.98. The van der Waals surface area contributed by atoms with Gasteiger partial charge in [-0.2, -0.15) is 0 Å². The van der Waals surface area contributed by atoms with Crippen LogP contribution in [-0.4, -0.2) is 22.9 Å². The van der Waals surface area contributed by atoms with Crippen molar-refractivity contribution in [3.8, 4) is 0 Å². The summed E-state index contributed by atoms with van der Waals surface area (Å²) in [5.41, 5.74) is 8.64. The predicted molar refractivity (Wildman–Crippen MR) is 59.1 cm³/mol. The van der Waals surface area contributed by atoms with Gasteiger partial charge in [0.05, 0.1) is 12.6 Å². The Labute approximate surface area is 95.1 Å². The highest BCUT2D eigenvalue weighted by atomic mass is 79.9. The molecular formula is C9H10BrN3O2. The first-order valence-electron chi connectivity index (χ1n) is 4.27. The van der Waals surface area contributed by atoms with E-state index in [0.717, 1.165) is 4.47 Å². The van der Waals surface area contributed by atoms with Gasteiger partial charge >= 0.3 is 0 Å². The molecule has 80 valence electrons. The van der Waals surface area contributed by atoms with Gasteiger partial charge in [0, 0.05) is 9.38 Å². The van der Waals surface area contributed by atoms with E-state index in [4.69, 9.17) is 5.53 Å². The molecule has 2 N–H and O–H groups in total. The lowest BCUT2D eigenvalue weighted by Gasteiger charge is -2.16. The molecule has 0 aromatic heterocycles. The molecule has 0 aliphatic heterocycles. The van der Waals surface area contributed by atoms with Crippen LogP contribution < -0.4 is 0 Å². The fourth-order valence-electron chi connectivity index (χ4n) is 1.13. The molecule has 0 amide bonds. The van der Waals surface area contributed by atoms with Crippen molar-refractivity contribution in [1.29, 1.82) is 0 Å². The van der Waals surface area contributed by atoms with Gasteiger partial charge < -0.3 is 10.2 Å². The van der Waals surface area contributed by atoms with E-state index < -0.39 is 12.2 Å². The third-order valence-corrected chi connectivity index (χ3v) is 2.38. The molecule has 0 bridgehead atoms. The molecular weight excluding hydrogens is 262 g/mol. The maximum absolute atomic E-state index is 9.69. The average Bonchev–Trinajstić information content (AvgIpc) is 2.24. The molecule has 1 aromatic rings. The highest BCUT2D eigenvalue weighted by Crippen LogP contribution is 2.20. The third-order valence-electron chi connectivity index (χ3n) is 1.89. The zero-order valence-electron chi connectivity index (χ0n) is 7.79. The molecule has 2 atom stereocenters. The number of nitrogens with zero attached hydrogens (tertiary/aromatic N) is 3. The Morgan fingerprint density at radius 1 is 1.47 bits per heavy atom. The van der Waals surface area contributed by atoms with Gasteiger partial charge in [0.2, 0.25) is 0 Å². The van der Waals surface area contributed by atoms with Crippen LogP contribution in [0.4, 0.5) is 0 Å². The zero-order valence-corrected chi connectivity index (χ0v) is 9.37. The number of hydrogen-bond acceptors (Lipinski definition) is 3. The van der Waals surface area contributed by atoms with E-state index in [1.807, 2.05) is 6.07 Å². The smallest absolute Gasteiger partial charge is 0.105 e. The van der Waals surface area contributed by atoms with Crippen LogP contribution in [0.3, 0.4) is 0 Å². The number of rotatable bonds is 4. The standard InChI is InChI=1S/C9H10BrN3O2/c10-7-3-1-2-6(4-7)9(15)8(14)5-12-13-11/h1-4,8-9,14-15H,5H2/t8-,9-/m1/s1. The van der Waals surface area contributed by atoms with E-state index in [2.05, 4.69) is 26.0 Å². The predicted octanol–water partition coefficient (Wildman–Crippen LogP) is 2.15. The molecule has 15 heavy (non-hydrogen) atoms. The first-order chi connectivity index (χ1) is 7.15. The van der Waals surface area contributed by atoms with Crippen LogP contribution in [-0.2, 0) is 0 Å². The molecule has 1 rings (SSSR count). The van der Waals surface area contributed by atoms with E-state index in [0.29, 0.717) is 5.56 Å². The number of benzene rings is 1. The second-order valence-corrected chi connectivity index (χ2v) is 3.90. The lowest BCUT2D eigenvalue weighted by molar-refractivity contribution is 0.0244. The lowest BCUT2D eigenvalue weighted by Crippen LogP contribution is -2.21. The summed E-state index contributed by atoms with van der Waals surface area (Å²) >= 11 is 3.26. The first kappa shape index (κ1) is 12.0. The van der Waals surface area contributed by atoms with Crippen LogP contribution in [0.25, 0.3) is 10.4 Å². The molecule has 6 heteroatoms. The van der Waals surface area contributed by atoms with Crippen molar-refractivity contribution in [2.75, 3.05) is 6.54 Å². The normalized spacial score (nSPS) is 14.1. The second kappa shape index (κ2) is 5.72. The number of hydrogen-bond donors (Lipinski definition) is 2. The van der Waals surface area contributed by atoms with Crippen molar-refractivity contribution in [2.24, 2.45) is 5.11 Å². The maximum Gasteiger partial charge on any atom is 0.105 e. The topological polar surface area (TPSA) is 89.2 Å². The van der Waals surface area contributed by atoms with E-state index in [1.54, 1.807) is 18.2 Å². The Morgan fingerprint density at radius 2 is 2.20 bits per heavy atom. The summed E-state index contributed by atoms with van der Waals surface area (Å²) in [7, 11) is 0. The van der Waals surface area contributed by atoms with Gasteiger partial charge in [0.25, 0.3) is 0 Å². The van der Waals surface area contributed by atoms with Gasteiger partial charge in [0.1, 0.15) is 6.10 Å². The van der Waals surface area contributed by atoms with E-state index in [9.17, 15) is 10.2 Å². The Hall–Kier alpha value is -1.07. The summed E-state index contributed by atoms with van der Waals surface area (Å²) < 4.78 is 0.815. The number of halogens is 1. The van der Waals surface area contributed by atoms with Gasteiger partial charge in [-0.25, -0.2) is 0 Å². The summed E-state index contributed by atoms with van der Waals surface area (Å²) in [6.07, 6.45) is -2.14. The molecule has 5 nitrogen and oxygen atoms in total. The summed E-state index contributed by atoms with van der Waals surface area (Å²) in [5, 5.41) is 22.3. The van der Waals surface area contributed by atoms with E-state index >= 15 is 0 Å². The van der Waals surface area contributed by atoms with Crippen molar-refractivity contribution in [3.05, 3.63) is 44.7 Å². The van der Waals surface area contributed by atoms with Crippen molar-refractivity contribution in [3.63, 3.8) is 0 Å². The number of aliphatic hydroxyl groups excluding tert-OH is 2. The highest BCUT2D eigenvalue weighted by molar-refractivity contribution is 9.10. The molecule has 0 radical (unpaired) electrons. The summed E-state index contributed by atoms with van der Waals surface area (Å²) in [4.78, 5) is 2.51. The molecule has 0 aliphatic carbocycles. The largest absolute Gasteiger partial charge is 0.390 e. The van der Waals surface area contributed by atoms with Gasteiger partial charge in [-0.3, -0.25) is 0 Å². The quantitative estimate of drug-likeness (QED) is 0.499. The number of aliphatic hydroxyl groups is 2. The van der Waals surface area contributed by atoms with Crippen LogP contribution in [0.15, 0.2) is 33.9 Å². The molecule has 0 unspecified atom stereocenters. The highest BCUT2D eigenvalue weighted by Gasteiger charge is 2.17. The fraction of sp³-hybridized carbons (Fsp3) is 0.333. The zero-order chi connectivity index (χ0) is 11.3. The van der Waals surface area contributed by atoms with Gasteiger partial charge in [-0.1, -0.05) is 33.2 Å². The Bertz CT molecular complexity index is 379. The molecule has 0 saturated heterocycles. The maximum atomic E-state index is 9.69. The molecule has 0 aliphatic rings. The minimum absolute atomic E-state index is 0.149. The molecule has 0 heterocycles. The van der Waals surface area contributed by atoms with Gasteiger partial charge in [0.15, 0.2) is 0 Å². The van der Waals surface area contributed by atoms with Crippen molar-refractivity contribution in [1.82, 2.24) is 0 Å². The summed E-state index contributed by atoms with van der Waals surface area (Å²) in [6, 6.07) is 6.96. The van der Waals surface area contributed by atoms with Crippen molar-refractivity contribution in [2.45, 2.75) is 12.2 Å². The minimum atomic E-state index is -1.09. The molecule has 1 aromatic carbocycles. The SMILES string of the molecule is [N-]=[N+]=NC[C@@H](O)[C@H](O)c1cccc(Br)c1. The lowest BCUT2D eigenvalue weighted by atomic mass is 10.0. The summed E-state index contributed by atoms with van der Waals surface area (Å²) in [6.45, 7) is -0.149. The fourth-order valence-corrected chi connectivity index (χ4v) is 1.55. The van der Waals surface area contributed by atoms with Crippen LogP contribution in [0.5, 0.6) is 0 Å². The van der Waals surface area contributed by atoms with Crippen LogP contribution >= 0.6 is 15.9 Å². The van der Waals surface area contributed by atoms with E-state index in [1.165, 1.54) is 0 Å². The Kier molecular flexibility index (Phi) is 4.58. The third kappa shape index (κ3) is 3.53.